The number of carbonyl (C=O) groups excluding carboxylic acids is 2. The van der Waals surface area contributed by atoms with Gasteiger partial charge in [0.1, 0.15) is 0 Å². The molecular weight excluding hydrogens is 330 g/mol. The molecule has 0 heterocycles. The van der Waals surface area contributed by atoms with Gasteiger partial charge in [0.25, 0.3) is 0 Å². The monoisotopic (exact) mass is 342 g/mol. The molecular formula is C13H12F6N2O2. The van der Waals surface area contributed by atoms with Gasteiger partial charge < -0.3 is 10.6 Å². The summed E-state index contributed by atoms with van der Waals surface area (Å²) in [6.07, 6.45) is -9.99. The first kappa shape index (κ1) is 18.8. The van der Waals surface area contributed by atoms with Gasteiger partial charge in [-0.15, -0.1) is 0 Å². The maximum absolute atomic E-state index is 12.1. The van der Waals surface area contributed by atoms with E-state index in [4.69, 9.17) is 0 Å². The van der Waals surface area contributed by atoms with Gasteiger partial charge in [-0.3, -0.25) is 9.59 Å². The van der Waals surface area contributed by atoms with E-state index in [2.05, 4.69) is 0 Å². The zero-order valence-electron chi connectivity index (χ0n) is 11.7. The topological polar surface area (TPSA) is 58.2 Å². The Kier molecular flexibility index (Phi) is 5.62. The third kappa shape index (κ3) is 5.80. The number of halogens is 6. The molecule has 0 saturated carbocycles. The number of alkyl halides is 6. The molecule has 0 aliphatic carbocycles. The molecule has 0 saturated heterocycles. The van der Waals surface area contributed by atoms with Crippen LogP contribution >= 0.6 is 0 Å². The molecule has 0 unspecified atom stereocenters. The van der Waals surface area contributed by atoms with E-state index in [1.54, 1.807) is 10.6 Å². The fourth-order valence-corrected chi connectivity index (χ4v) is 1.57. The van der Waals surface area contributed by atoms with Crippen molar-refractivity contribution in [1.29, 1.82) is 0 Å². The van der Waals surface area contributed by atoms with Crippen molar-refractivity contribution < 1.29 is 35.9 Å². The first-order chi connectivity index (χ1) is 10.4. The molecule has 0 aromatic heterocycles. The highest BCUT2D eigenvalue weighted by Crippen LogP contribution is 2.19. The molecule has 0 aliphatic heterocycles. The van der Waals surface area contributed by atoms with E-state index < -0.39 is 30.2 Å². The van der Waals surface area contributed by atoms with Crippen molar-refractivity contribution in [2.75, 3.05) is 0 Å². The molecule has 0 aliphatic rings. The van der Waals surface area contributed by atoms with Gasteiger partial charge in [-0.2, -0.15) is 26.3 Å². The van der Waals surface area contributed by atoms with E-state index in [0.29, 0.717) is 11.1 Å². The lowest BCUT2D eigenvalue weighted by atomic mass is 10.1. The van der Waals surface area contributed by atoms with E-state index in [0.717, 1.165) is 0 Å². The molecule has 1 aromatic rings. The number of carbonyl (C=O) groups is 2. The van der Waals surface area contributed by atoms with Crippen LogP contribution in [0.2, 0.25) is 0 Å². The van der Waals surface area contributed by atoms with Gasteiger partial charge in [0, 0.05) is 6.54 Å². The summed E-state index contributed by atoms with van der Waals surface area (Å²) in [5.41, 5.74) is 0.647. The fourth-order valence-electron chi connectivity index (χ4n) is 1.57. The molecule has 1 atom stereocenters. The predicted octanol–water partition coefficient (Wildman–Crippen LogP) is 2.60. The van der Waals surface area contributed by atoms with Crippen LogP contribution in [-0.2, 0) is 16.1 Å². The predicted molar refractivity (Wildman–Crippen MR) is 67.0 cm³/mol. The van der Waals surface area contributed by atoms with Crippen molar-refractivity contribution in [3.05, 3.63) is 35.4 Å². The standard InChI is InChI=1S/C13H12F6N2O2/c1-7(21-11(23)13(17,18)19)9-4-2-8(3-5-9)6-20-10(22)12(14,15)16/h2-5,7H,6H2,1H3,(H,20,22)(H,21,23)/t7-/m1/s1. The Bertz CT molecular complexity index is 565. The molecule has 1 aromatic carbocycles. The summed E-state index contributed by atoms with van der Waals surface area (Å²) in [6.45, 7) is 0.936. The third-order valence-corrected chi connectivity index (χ3v) is 2.80. The van der Waals surface area contributed by atoms with Crippen LogP contribution < -0.4 is 10.6 Å². The van der Waals surface area contributed by atoms with Crippen LogP contribution in [0, 0.1) is 0 Å². The summed E-state index contributed by atoms with van der Waals surface area (Å²) in [5, 5.41) is 3.40. The van der Waals surface area contributed by atoms with Crippen LogP contribution in [0.5, 0.6) is 0 Å². The molecule has 0 fully saturated rings. The zero-order valence-corrected chi connectivity index (χ0v) is 11.7. The second-order valence-electron chi connectivity index (χ2n) is 4.61. The minimum Gasteiger partial charge on any atom is -0.344 e. The Hall–Kier alpha value is -2.26. The summed E-state index contributed by atoms with van der Waals surface area (Å²) in [5.74, 6) is -4.18. The highest BCUT2D eigenvalue weighted by atomic mass is 19.4. The summed E-state index contributed by atoms with van der Waals surface area (Å²) < 4.78 is 72.3. The lowest BCUT2D eigenvalue weighted by Gasteiger charge is -2.16. The highest BCUT2D eigenvalue weighted by Gasteiger charge is 2.39. The third-order valence-electron chi connectivity index (χ3n) is 2.80. The largest absolute Gasteiger partial charge is 0.471 e. The van der Waals surface area contributed by atoms with Gasteiger partial charge in [0.05, 0.1) is 6.04 Å². The molecule has 2 N–H and O–H groups in total. The van der Waals surface area contributed by atoms with Crippen molar-refractivity contribution in [3.8, 4) is 0 Å². The van der Waals surface area contributed by atoms with Gasteiger partial charge >= 0.3 is 24.2 Å². The summed E-state index contributed by atoms with van der Waals surface area (Å²) in [7, 11) is 0. The number of rotatable bonds is 4. The Morgan fingerprint density at radius 3 is 1.87 bits per heavy atom. The number of amides is 2. The molecule has 0 spiro atoms. The van der Waals surface area contributed by atoms with Crippen molar-refractivity contribution in [2.24, 2.45) is 0 Å². The second kappa shape index (κ2) is 6.88. The second-order valence-corrected chi connectivity index (χ2v) is 4.61. The minimum atomic E-state index is -5.00. The Balaban J connectivity index is 2.63. The van der Waals surface area contributed by atoms with Crippen molar-refractivity contribution in [3.63, 3.8) is 0 Å². The van der Waals surface area contributed by atoms with Crippen LogP contribution in [-0.4, -0.2) is 24.2 Å². The maximum Gasteiger partial charge on any atom is 0.471 e. The van der Waals surface area contributed by atoms with Gasteiger partial charge in [-0.25, -0.2) is 0 Å². The number of hydrogen-bond acceptors (Lipinski definition) is 2. The van der Waals surface area contributed by atoms with Crippen molar-refractivity contribution in [1.82, 2.24) is 10.6 Å². The molecule has 2 amide bonds. The molecule has 10 heteroatoms. The van der Waals surface area contributed by atoms with E-state index in [1.165, 1.54) is 31.2 Å². The number of hydrogen-bond donors (Lipinski definition) is 2. The van der Waals surface area contributed by atoms with Gasteiger partial charge in [-0.1, -0.05) is 24.3 Å². The van der Waals surface area contributed by atoms with E-state index in [-0.39, 0.29) is 6.54 Å². The fraction of sp³-hybridized carbons (Fsp3) is 0.385. The van der Waals surface area contributed by atoms with Gasteiger partial charge in [0.2, 0.25) is 0 Å². The van der Waals surface area contributed by atoms with Crippen LogP contribution in [0.25, 0.3) is 0 Å². The van der Waals surface area contributed by atoms with E-state index in [9.17, 15) is 35.9 Å². The summed E-state index contributed by atoms with van der Waals surface area (Å²) >= 11 is 0. The maximum atomic E-state index is 12.1. The SMILES string of the molecule is C[C@@H](NC(=O)C(F)(F)F)c1ccc(CNC(=O)C(F)(F)F)cc1. The van der Waals surface area contributed by atoms with Gasteiger partial charge in [-0.05, 0) is 18.1 Å². The molecule has 128 valence electrons. The van der Waals surface area contributed by atoms with Crippen LogP contribution in [0.4, 0.5) is 26.3 Å². The molecule has 23 heavy (non-hydrogen) atoms. The average Bonchev–Trinajstić information content (AvgIpc) is 2.43. The van der Waals surface area contributed by atoms with Gasteiger partial charge in [0.15, 0.2) is 0 Å². The summed E-state index contributed by atoms with van der Waals surface area (Å²) in [6, 6.07) is 4.42. The first-order valence-electron chi connectivity index (χ1n) is 6.23. The number of benzene rings is 1. The summed E-state index contributed by atoms with van der Waals surface area (Å²) in [4.78, 5) is 21.4. The smallest absolute Gasteiger partial charge is 0.344 e. The van der Waals surface area contributed by atoms with Crippen LogP contribution in [0.15, 0.2) is 24.3 Å². The molecule has 4 nitrogen and oxygen atoms in total. The van der Waals surface area contributed by atoms with E-state index >= 15 is 0 Å². The highest BCUT2D eigenvalue weighted by molar-refractivity contribution is 5.82. The lowest BCUT2D eigenvalue weighted by molar-refractivity contribution is -0.174. The number of nitrogens with one attached hydrogen (secondary N) is 2. The molecule has 1 rings (SSSR count). The minimum absolute atomic E-state index is 0.320. The van der Waals surface area contributed by atoms with E-state index in [1.807, 2.05) is 0 Å². The zero-order chi connectivity index (χ0) is 17.8. The Morgan fingerprint density at radius 2 is 1.43 bits per heavy atom. The van der Waals surface area contributed by atoms with Crippen LogP contribution in [0.3, 0.4) is 0 Å². The Morgan fingerprint density at radius 1 is 0.957 bits per heavy atom. The normalized spacial score (nSPS) is 13.3. The lowest BCUT2D eigenvalue weighted by Crippen LogP contribution is -2.38. The van der Waals surface area contributed by atoms with Crippen LogP contribution in [0.1, 0.15) is 24.1 Å². The first-order valence-corrected chi connectivity index (χ1v) is 6.23. The Labute approximate surface area is 126 Å². The molecule has 0 radical (unpaired) electrons. The quantitative estimate of drug-likeness (QED) is 0.827. The van der Waals surface area contributed by atoms with Crippen molar-refractivity contribution in [2.45, 2.75) is 31.9 Å². The molecule has 0 bridgehead atoms. The van der Waals surface area contributed by atoms with Crippen molar-refractivity contribution >= 4 is 11.8 Å². The average molecular weight is 342 g/mol.